The zero-order valence-electron chi connectivity index (χ0n) is 15.7. The number of carbonyl (C=O) groups is 1. The Morgan fingerprint density at radius 1 is 0.875 bits per heavy atom. The third-order valence-corrected chi connectivity index (χ3v) is 5.40. The Bertz CT molecular complexity index is 377. The predicted octanol–water partition coefficient (Wildman–Crippen LogP) is 5.49. The van der Waals surface area contributed by atoms with E-state index in [4.69, 9.17) is 13.8 Å². The summed E-state index contributed by atoms with van der Waals surface area (Å²) in [7, 11) is -3.21. The van der Waals surface area contributed by atoms with Gasteiger partial charge in [0.1, 0.15) is 6.61 Å². The van der Waals surface area contributed by atoms with E-state index in [9.17, 15) is 9.36 Å². The molecule has 0 fully saturated rings. The van der Waals surface area contributed by atoms with E-state index in [1.807, 2.05) is 0 Å². The molecule has 0 atom stereocenters. The van der Waals surface area contributed by atoms with Gasteiger partial charge in [-0.15, -0.1) is 0 Å². The highest BCUT2D eigenvalue weighted by Crippen LogP contribution is 2.48. The summed E-state index contributed by atoms with van der Waals surface area (Å²) in [4.78, 5) is 11.4. The van der Waals surface area contributed by atoms with Gasteiger partial charge in [-0.05, 0) is 19.8 Å². The van der Waals surface area contributed by atoms with Crippen molar-refractivity contribution in [3.05, 3.63) is 12.2 Å². The second-order valence-corrected chi connectivity index (χ2v) is 8.22. The Labute approximate surface area is 147 Å². The largest absolute Gasteiger partial charge is 0.462 e. The molecule has 0 aromatic carbocycles. The van der Waals surface area contributed by atoms with Crippen molar-refractivity contribution in [2.24, 2.45) is 0 Å². The second kappa shape index (κ2) is 14.7. The van der Waals surface area contributed by atoms with Gasteiger partial charge in [0.15, 0.2) is 0 Å². The first kappa shape index (κ1) is 23.4. The minimum Gasteiger partial charge on any atom is -0.462 e. The van der Waals surface area contributed by atoms with Gasteiger partial charge in [0.25, 0.3) is 0 Å². The van der Waals surface area contributed by atoms with E-state index in [-0.39, 0.29) is 12.8 Å². The Morgan fingerprint density at radius 2 is 1.38 bits per heavy atom. The van der Waals surface area contributed by atoms with Crippen LogP contribution < -0.4 is 0 Å². The molecule has 0 bridgehead atoms. The second-order valence-electron chi connectivity index (χ2n) is 6.04. The first-order valence-corrected chi connectivity index (χ1v) is 10.9. The number of esters is 1. The van der Waals surface area contributed by atoms with Gasteiger partial charge < -0.3 is 13.8 Å². The van der Waals surface area contributed by atoms with Crippen LogP contribution in [0.25, 0.3) is 0 Å². The van der Waals surface area contributed by atoms with E-state index in [1.165, 1.54) is 0 Å². The number of rotatable bonds is 16. The normalized spacial score (nSPS) is 11.5. The van der Waals surface area contributed by atoms with Crippen LogP contribution in [0, 0.1) is 0 Å². The van der Waals surface area contributed by atoms with E-state index >= 15 is 0 Å². The molecule has 0 N–H and O–H groups in total. The van der Waals surface area contributed by atoms with Crippen LogP contribution in [0.15, 0.2) is 12.2 Å². The molecule has 0 spiro atoms. The van der Waals surface area contributed by atoms with Gasteiger partial charge in [-0.1, -0.05) is 59.0 Å². The minimum absolute atomic E-state index is 0.0207. The number of hydrogen-bond donors (Lipinski definition) is 0. The number of hydrogen-bond acceptors (Lipinski definition) is 5. The predicted molar refractivity (Wildman–Crippen MR) is 98.4 cm³/mol. The summed E-state index contributed by atoms with van der Waals surface area (Å²) in [5.74, 6) is -0.479. The summed E-state index contributed by atoms with van der Waals surface area (Å²) >= 11 is 0. The summed E-state index contributed by atoms with van der Waals surface area (Å²) in [6.45, 7) is 10.2. The lowest BCUT2D eigenvalue weighted by molar-refractivity contribution is -0.138. The average Bonchev–Trinajstić information content (AvgIpc) is 2.54. The van der Waals surface area contributed by atoms with Crippen LogP contribution in [-0.2, 0) is 23.1 Å². The Kier molecular flexibility index (Phi) is 14.3. The van der Waals surface area contributed by atoms with Crippen molar-refractivity contribution in [1.82, 2.24) is 0 Å². The molecule has 142 valence electrons. The molecule has 5 nitrogen and oxygen atoms in total. The molecular formula is C18H35O5P. The van der Waals surface area contributed by atoms with E-state index < -0.39 is 13.6 Å². The summed E-state index contributed by atoms with van der Waals surface area (Å²) in [6, 6.07) is 0. The summed E-state index contributed by atoms with van der Waals surface area (Å²) in [5.41, 5.74) is 0.325. The van der Waals surface area contributed by atoms with E-state index in [0.717, 1.165) is 51.4 Å². The van der Waals surface area contributed by atoms with Crippen LogP contribution in [0.5, 0.6) is 0 Å². The lowest BCUT2D eigenvalue weighted by atomic mass is 10.2. The molecule has 0 aliphatic heterocycles. The minimum atomic E-state index is -3.21. The maximum Gasteiger partial charge on any atom is 0.334 e. The average molecular weight is 362 g/mol. The van der Waals surface area contributed by atoms with Gasteiger partial charge in [-0.2, -0.15) is 0 Å². The maximum absolute atomic E-state index is 12.8. The van der Waals surface area contributed by atoms with Gasteiger partial charge in [0, 0.05) is 5.57 Å². The monoisotopic (exact) mass is 362 g/mol. The fourth-order valence-corrected chi connectivity index (χ4v) is 3.47. The Hall–Kier alpha value is -0.640. The molecule has 0 rings (SSSR count). The third-order valence-electron chi connectivity index (χ3n) is 3.52. The van der Waals surface area contributed by atoms with Gasteiger partial charge in [-0.3, -0.25) is 4.57 Å². The molecule has 0 saturated heterocycles. The molecule has 0 aliphatic carbocycles. The quantitative estimate of drug-likeness (QED) is 0.157. The lowest BCUT2D eigenvalue weighted by Gasteiger charge is -2.18. The van der Waals surface area contributed by atoms with Crippen molar-refractivity contribution in [1.29, 1.82) is 0 Å². The first-order chi connectivity index (χ1) is 11.4. The topological polar surface area (TPSA) is 61.8 Å². The molecule has 0 radical (unpaired) electrons. The summed E-state index contributed by atoms with van der Waals surface area (Å²) in [6.07, 6.45) is 8.49. The van der Waals surface area contributed by atoms with Gasteiger partial charge in [0.2, 0.25) is 0 Å². The molecular weight excluding hydrogens is 327 g/mol. The fraction of sp³-hybridized carbons (Fsp3) is 0.833. The van der Waals surface area contributed by atoms with E-state index in [1.54, 1.807) is 6.92 Å². The van der Waals surface area contributed by atoms with Crippen LogP contribution in [-0.4, -0.2) is 32.0 Å². The molecule has 24 heavy (non-hydrogen) atoms. The molecule has 0 aliphatic rings. The molecule has 0 aromatic rings. The van der Waals surface area contributed by atoms with Crippen LogP contribution >= 0.6 is 7.60 Å². The fourth-order valence-electron chi connectivity index (χ4n) is 2.00. The van der Waals surface area contributed by atoms with Crippen LogP contribution in [0.2, 0.25) is 0 Å². The molecule has 0 unspecified atom stereocenters. The maximum atomic E-state index is 12.8. The van der Waals surface area contributed by atoms with Gasteiger partial charge >= 0.3 is 13.6 Å². The Balaban J connectivity index is 4.26. The highest BCUT2D eigenvalue weighted by molar-refractivity contribution is 7.53. The molecule has 6 heteroatoms. The van der Waals surface area contributed by atoms with Gasteiger partial charge in [0.05, 0.1) is 19.4 Å². The van der Waals surface area contributed by atoms with Crippen molar-refractivity contribution in [3.63, 3.8) is 0 Å². The highest BCUT2D eigenvalue weighted by atomic mass is 31.2. The lowest BCUT2D eigenvalue weighted by Crippen LogP contribution is -2.12. The molecule has 0 aromatic heterocycles. The van der Waals surface area contributed by atoms with Crippen molar-refractivity contribution in [2.45, 2.75) is 72.1 Å². The summed E-state index contributed by atoms with van der Waals surface area (Å²) in [5, 5.41) is 0. The van der Waals surface area contributed by atoms with E-state index in [0.29, 0.717) is 18.8 Å². The van der Waals surface area contributed by atoms with Crippen LogP contribution in [0.1, 0.15) is 72.1 Å². The highest BCUT2D eigenvalue weighted by Gasteiger charge is 2.25. The number of ether oxygens (including phenoxy) is 1. The first-order valence-electron chi connectivity index (χ1n) is 9.16. The SMILES string of the molecule is C=C(C)C(=O)OCCP(=O)(OCCCCCC)OCCCCCC. The van der Waals surface area contributed by atoms with Crippen molar-refractivity contribution in [2.75, 3.05) is 26.0 Å². The van der Waals surface area contributed by atoms with Gasteiger partial charge in [-0.25, -0.2) is 4.79 Å². The smallest absolute Gasteiger partial charge is 0.334 e. The zero-order chi connectivity index (χ0) is 18.3. The number of carbonyl (C=O) groups excluding carboxylic acids is 1. The number of unbranched alkanes of at least 4 members (excludes halogenated alkanes) is 6. The standard InChI is InChI=1S/C18H35O5P/c1-5-7-9-11-13-22-24(20,23-14-12-10-8-6-2)16-15-21-18(19)17(3)4/h3,5-16H2,1-2,4H3. The molecule has 0 heterocycles. The van der Waals surface area contributed by atoms with Crippen molar-refractivity contribution in [3.8, 4) is 0 Å². The van der Waals surface area contributed by atoms with Crippen molar-refractivity contribution >= 4 is 13.6 Å². The van der Waals surface area contributed by atoms with Crippen molar-refractivity contribution < 1.29 is 23.1 Å². The molecule has 0 amide bonds. The van der Waals surface area contributed by atoms with Crippen LogP contribution in [0.3, 0.4) is 0 Å². The molecule has 0 saturated carbocycles. The van der Waals surface area contributed by atoms with E-state index in [2.05, 4.69) is 20.4 Å². The van der Waals surface area contributed by atoms with Crippen LogP contribution in [0.4, 0.5) is 0 Å². The third kappa shape index (κ3) is 12.7. The Morgan fingerprint density at radius 3 is 1.79 bits per heavy atom. The summed E-state index contributed by atoms with van der Waals surface area (Å²) < 4.78 is 28.9. The zero-order valence-corrected chi connectivity index (χ0v) is 16.6.